The molecule has 0 aliphatic heterocycles. The number of aryl methyl sites for hydroxylation is 1. The highest BCUT2D eigenvalue weighted by Gasteiger charge is 2.18. The summed E-state index contributed by atoms with van der Waals surface area (Å²) < 4.78 is 15.3. The average molecular weight is 288 g/mol. The molecule has 0 radical (unpaired) electrons. The van der Waals surface area contributed by atoms with Crippen molar-refractivity contribution in [3.8, 4) is 0 Å². The van der Waals surface area contributed by atoms with Crippen molar-refractivity contribution in [1.29, 1.82) is 0 Å². The van der Waals surface area contributed by atoms with Crippen LogP contribution < -0.4 is 5.32 Å². The number of carbonyl (C=O) groups is 2. The van der Waals surface area contributed by atoms with Gasteiger partial charge < -0.3 is 9.88 Å². The fourth-order valence-corrected chi connectivity index (χ4v) is 2.16. The molecule has 1 atom stereocenters. The molecule has 5 heteroatoms. The van der Waals surface area contributed by atoms with Gasteiger partial charge in [0.2, 0.25) is 0 Å². The van der Waals surface area contributed by atoms with Gasteiger partial charge in [-0.15, -0.1) is 0 Å². The van der Waals surface area contributed by atoms with E-state index in [1.54, 1.807) is 42.9 Å². The van der Waals surface area contributed by atoms with Crippen LogP contribution in [0.25, 0.3) is 0 Å². The fraction of sp³-hybridized carbons (Fsp3) is 0.250. The summed E-state index contributed by atoms with van der Waals surface area (Å²) in [5.74, 6) is -0.811. The molecule has 21 heavy (non-hydrogen) atoms. The first-order chi connectivity index (χ1) is 9.90. The SMILES string of the molecule is CC(=O)c1cc(C(=O)NC(C)c2ccccc2F)n(C)c1. The first-order valence-corrected chi connectivity index (χ1v) is 6.62. The lowest BCUT2D eigenvalue weighted by atomic mass is 10.1. The van der Waals surface area contributed by atoms with Crippen LogP contribution in [0.2, 0.25) is 0 Å². The van der Waals surface area contributed by atoms with Crippen LogP contribution in [0.4, 0.5) is 4.39 Å². The van der Waals surface area contributed by atoms with Gasteiger partial charge in [0.1, 0.15) is 11.5 Å². The van der Waals surface area contributed by atoms with E-state index >= 15 is 0 Å². The van der Waals surface area contributed by atoms with Crippen LogP contribution in [-0.4, -0.2) is 16.3 Å². The van der Waals surface area contributed by atoms with E-state index in [0.717, 1.165) is 0 Å². The largest absolute Gasteiger partial charge is 0.346 e. The van der Waals surface area contributed by atoms with E-state index < -0.39 is 6.04 Å². The zero-order valence-electron chi connectivity index (χ0n) is 12.2. The molecule has 2 aromatic rings. The van der Waals surface area contributed by atoms with E-state index in [0.29, 0.717) is 16.8 Å². The van der Waals surface area contributed by atoms with Crippen LogP contribution in [0, 0.1) is 5.82 Å². The number of hydrogen-bond donors (Lipinski definition) is 1. The molecule has 0 aliphatic rings. The summed E-state index contributed by atoms with van der Waals surface area (Å²) in [6, 6.07) is 7.38. The van der Waals surface area contributed by atoms with Crippen molar-refractivity contribution in [2.45, 2.75) is 19.9 Å². The minimum atomic E-state index is -0.464. The van der Waals surface area contributed by atoms with Gasteiger partial charge in [-0.25, -0.2) is 4.39 Å². The van der Waals surface area contributed by atoms with Crippen LogP contribution in [-0.2, 0) is 7.05 Å². The number of rotatable bonds is 4. The second-order valence-electron chi connectivity index (χ2n) is 5.00. The predicted molar refractivity (Wildman–Crippen MR) is 77.7 cm³/mol. The Bertz CT molecular complexity index is 691. The molecular formula is C16H17FN2O2. The Morgan fingerprint density at radius 1 is 1.29 bits per heavy atom. The molecule has 1 N–H and O–H groups in total. The minimum absolute atomic E-state index is 0.105. The highest BCUT2D eigenvalue weighted by Crippen LogP contribution is 2.17. The smallest absolute Gasteiger partial charge is 0.268 e. The summed E-state index contributed by atoms with van der Waals surface area (Å²) in [6.45, 7) is 3.16. The van der Waals surface area contributed by atoms with Gasteiger partial charge in [-0.3, -0.25) is 9.59 Å². The second kappa shape index (κ2) is 5.91. The lowest BCUT2D eigenvalue weighted by molar-refractivity contribution is 0.0931. The number of ketones is 1. The average Bonchev–Trinajstić information content (AvgIpc) is 2.81. The monoisotopic (exact) mass is 288 g/mol. The molecule has 0 saturated carbocycles. The number of benzene rings is 1. The number of hydrogen-bond acceptors (Lipinski definition) is 2. The number of amides is 1. The number of halogens is 1. The molecule has 0 spiro atoms. The van der Waals surface area contributed by atoms with Crippen molar-refractivity contribution in [3.05, 3.63) is 59.2 Å². The predicted octanol–water partition coefficient (Wildman–Crippen LogP) is 2.86. The first kappa shape index (κ1) is 15.0. The Kier molecular flexibility index (Phi) is 4.21. The van der Waals surface area contributed by atoms with Gasteiger partial charge in [0, 0.05) is 24.4 Å². The standard InChI is InChI=1S/C16H17FN2O2/c1-10(13-6-4-5-7-14(13)17)18-16(21)15-8-12(11(2)20)9-19(15)3/h4-10H,1-3H3,(H,18,21). The van der Waals surface area contributed by atoms with Crippen LogP contribution >= 0.6 is 0 Å². The highest BCUT2D eigenvalue weighted by atomic mass is 19.1. The third kappa shape index (κ3) is 3.18. The first-order valence-electron chi connectivity index (χ1n) is 6.62. The number of carbonyl (C=O) groups excluding carboxylic acids is 2. The van der Waals surface area contributed by atoms with Gasteiger partial charge in [-0.2, -0.15) is 0 Å². The third-order valence-electron chi connectivity index (χ3n) is 3.36. The van der Waals surface area contributed by atoms with Gasteiger partial charge >= 0.3 is 0 Å². The number of Topliss-reactive ketones (excluding diaryl/α,β-unsaturated/α-hetero) is 1. The lowest BCUT2D eigenvalue weighted by Crippen LogP contribution is -2.28. The second-order valence-corrected chi connectivity index (χ2v) is 5.00. The van der Waals surface area contributed by atoms with E-state index in [2.05, 4.69) is 5.32 Å². The van der Waals surface area contributed by atoms with Crippen molar-refractivity contribution >= 4 is 11.7 Å². The van der Waals surface area contributed by atoms with Crippen molar-refractivity contribution in [2.75, 3.05) is 0 Å². The van der Waals surface area contributed by atoms with Gasteiger partial charge in [0.25, 0.3) is 5.91 Å². The lowest BCUT2D eigenvalue weighted by Gasteiger charge is -2.15. The normalized spacial score (nSPS) is 12.0. The quantitative estimate of drug-likeness (QED) is 0.879. The molecule has 1 aromatic heterocycles. The molecule has 0 bridgehead atoms. The number of nitrogens with zero attached hydrogens (tertiary/aromatic N) is 1. The Labute approximate surface area is 122 Å². The van der Waals surface area contributed by atoms with Crippen molar-refractivity contribution < 1.29 is 14.0 Å². The Morgan fingerprint density at radius 2 is 1.95 bits per heavy atom. The van der Waals surface area contributed by atoms with Gasteiger partial charge in [0.05, 0.1) is 6.04 Å². The molecule has 0 saturated heterocycles. The van der Waals surface area contributed by atoms with Crippen molar-refractivity contribution in [2.24, 2.45) is 7.05 Å². The van der Waals surface area contributed by atoms with Gasteiger partial charge in [0.15, 0.2) is 5.78 Å². The zero-order chi connectivity index (χ0) is 15.6. The molecule has 1 heterocycles. The molecular weight excluding hydrogens is 271 g/mol. The topological polar surface area (TPSA) is 51.1 Å². The molecule has 1 unspecified atom stereocenters. The van der Waals surface area contributed by atoms with E-state index in [9.17, 15) is 14.0 Å². The Morgan fingerprint density at radius 3 is 2.52 bits per heavy atom. The summed E-state index contributed by atoms with van der Waals surface area (Å²) in [7, 11) is 1.69. The van der Waals surface area contributed by atoms with Crippen molar-refractivity contribution in [1.82, 2.24) is 9.88 Å². The highest BCUT2D eigenvalue weighted by molar-refractivity contribution is 5.99. The Hall–Kier alpha value is -2.43. The molecule has 4 nitrogen and oxygen atoms in total. The maximum absolute atomic E-state index is 13.7. The van der Waals surface area contributed by atoms with E-state index in [4.69, 9.17) is 0 Å². The van der Waals surface area contributed by atoms with E-state index in [1.165, 1.54) is 19.1 Å². The minimum Gasteiger partial charge on any atom is -0.346 e. The molecule has 1 amide bonds. The van der Waals surface area contributed by atoms with E-state index in [-0.39, 0.29) is 17.5 Å². The molecule has 110 valence electrons. The molecule has 0 fully saturated rings. The number of aromatic nitrogens is 1. The molecule has 0 aliphatic carbocycles. The molecule has 2 rings (SSSR count). The van der Waals surface area contributed by atoms with Crippen LogP contribution in [0.5, 0.6) is 0 Å². The summed E-state index contributed by atoms with van der Waals surface area (Å²) in [5.41, 5.74) is 1.26. The van der Waals surface area contributed by atoms with Gasteiger partial charge in [-0.05, 0) is 26.0 Å². The third-order valence-corrected chi connectivity index (χ3v) is 3.36. The van der Waals surface area contributed by atoms with Crippen LogP contribution in [0.1, 0.15) is 46.3 Å². The Balaban J connectivity index is 2.18. The van der Waals surface area contributed by atoms with Crippen LogP contribution in [0.15, 0.2) is 36.5 Å². The number of nitrogens with one attached hydrogen (secondary N) is 1. The van der Waals surface area contributed by atoms with E-state index in [1.807, 2.05) is 0 Å². The summed E-state index contributed by atoms with van der Waals surface area (Å²) >= 11 is 0. The summed E-state index contributed by atoms with van der Waals surface area (Å²) in [4.78, 5) is 23.6. The molecule has 1 aromatic carbocycles. The maximum atomic E-state index is 13.7. The van der Waals surface area contributed by atoms with Crippen molar-refractivity contribution in [3.63, 3.8) is 0 Å². The maximum Gasteiger partial charge on any atom is 0.268 e. The summed E-state index contributed by atoms with van der Waals surface area (Å²) in [5, 5.41) is 2.74. The summed E-state index contributed by atoms with van der Waals surface area (Å²) in [6.07, 6.45) is 1.60. The van der Waals surface area contributed by atoms with Gasteiger partial charge in [-0.1, -0.05) is 18.2 Å². The zero-order valence-corrected chi connectivity index (χ0v) is 12.2. The van der Waals surface area contributed by atoms with Crippen LogP contribution in [0.3, 0.4) is 0 Å². The fourth-order valence-electron chi connectivity index (χ4n) is 2.16.